The van der Waals surface area contributed by atoms with E-state index in [1.165, 1.54) is 0 Å². The number of hydrogen-bond donors (Lipinski definition) is 0. The molecule has 108 valence electrons. The zero-order valence-electron chi connectivity index (χ0n) is 11.6. The van der Waals surface area contributed by atoms with Gasteiger partial charge in [0.15, 0.2) is 0 Å². The minimum Gasteiger partial charge on any atom is -0.492 e. The van der Waals surface area contributed by atoms with Crippen LogP contribution in [-0.2, 0) is 10.6 Å². The molecule has 0 spiro atoms. The monoisotopic (exact) mass is 294 g/mol. The number of ether oxygens (including phenoxy) is 2. The maximum Gasteiger partial charge on any atom is 0.147 e. The van der Waals surface area contributed by atoms with E-state index in [9.17, 15) is 0 Å². The lowest BCUT2D eigenvalue weighted by molar-refractivity contribution is 0.0700. The summed E-state index contributed by atoms with van der Waals surface area (Å²) >= 11 is 6.10. The van der Waals surface area contributed by atoms with Gasteiger partial charge >= 0.3 is 0 Å². The van der Waals surface area contributed by atoms with Crippen molar-refractivity contribution in [1.29, 1.82) is 0 Å². The fourth-order valence-electron chi connectivity index (χ4n) is 2.86. The number of halogens is 1. The van der Waals surface area contributed by atoms with Crippen molar-refractivity contribution in [3.8, 4) is 5.75 Å². The SMILES string of the molecule is CCOc1cccc2c1nc(CCl)n2C1CCOCC1. The van der Waals surface area contributed by atoms with E-state index >= 15 is 0 Å². The Hall–Kier alpha value is -1.26. The summed E-state index contributed by atoms with van der Waals surface area (Å²) in [5.74, 6) is 2.17. The van der Waals surface area contributed by atoms with Crippen LogP contribution < -0.4 is 4.74 Å². The normalized spacial score (nSPS) is 16.7. The molecule has 20 heavy (non-hydrogen) atoms. The highest BCUT2D eigenvalue weighted by molar-refractivity contribution is 6.16. The van der Waals surface area contributed by atoms with Crippen LogP contribution in [0.15, 0.2) is 18.2 Å². The first-order valence-electron chi connectivity index (χ1n) is 7.11. The molecule has 2 aromatic rings. The number of fused-ring (bicyclic) bond motifs is 1. The van der Waals surface area contributed by atoms with Gasteiger partial charge in [0.05, 0.1) is 18.0 Å². The number of rotatable bonds is 4. The van der Waals surface area contributed by atoms with Gasteiger partial charge in [0.2, 0.25) is 0 Å². The Morgan fingerprint density at radius 3 is 2.90 bits per heavy atom. The fraction of sp³-hybridized carbons (Fsp3) is 0.533. The standard InChI is InChI=1S/C15H19ClN2O2/c1-2-20-13-5-3-4-12-15(13)17-14(10-16)18(12)11-6-8-19-9-7-11/h3-5,11H,2,6-10H2,1H3. The lowest BCUT2D eigenvalue weighted by atomic mass is 10.1. The number of hydrogen-bond acceptors (Lipinski definition) is 3. The first-order chi connectivity index (χ1) is 9.85. The van der Waals surface area contributed by atoms with Crippen LogP contribution in [0, 0.1) is 0 Å². The van der Waals surface area contributed by atoms with Crippen LogP contribution >= 0.6 is 11.6 Å². The number of imidazole rings is 1. The van der Waals surface area contributed by atoms with Gasteiger partial charge < -0.3 is 14.0 Å². The third kappa shape index (κ3) is 2.38. The van der Waals surface area contributed by atoms with Gasteiger partial charge in [0, 0.05) is 19.3 Å². The largest absolute Gasteiger partial charge is 0.492 e. The van der Waals surface area contributed by atoms with E-state index in [2.05, 4.69) is 10.6 Å². The van der Waals surface area contributed by atoms with Gasteiger partial charge in [-0.25, -0.2) is 4.98 Å². The molecule has 1 aliphatic rings. The van der Waals surface area contributed by atoms with Crippen molar-refractivity contribution in [2.45, 2.75) is 31.7 Å². The van der Waals surface area contributed by atoms with Gasteiger partial charge in [0.25, 0.3) is 0 Å². The predicted octanol–water partition coefficient (Wildman–Crippen LogP) is 3.53. The van der Waals surface area contributed by atoms with Gasteiger partial charge in [-0.15, -0.1) is 11.6 Å². The molecule has 1 saturated heterocycles. The smallest absolute Gasteiger partial charge is 0.147 e. The van der Waals surface area contributed by atoms with E-state index in [-0.39, 0.29) is 0 Å². The molecule has 0 bridgehead atoms. The van der Waals surface area contributed by atoms with Crippen LogP contribution in [-0.4, -0.2) is 29.4 Å². The number of aromatic nitrogens is 2. The first-order valence-corrected chi connectivity index (χ1v) is 7.65. The van der Waals surface area contributed by atoms with E-state index in [4.69, 9.17) is 26.1 Å². The second kappa shape index (κ2) is 6.02. The summed E-state index contributed by atoms with van der Waals surface area (Å²) in [4.78, 5) is 4.69. The van der Waals surface area contributed by atoms with Gasteiger partial charge in [-0.3, -0.25) is 0 Å². The topological polar surface area (TPSA) is 36.3 Å². The van der Waals surface area contributed by atoms with Crippen molar-refractivity contribution < 1.29 is 9.47 Å². The average Bonchev–Trinajstić information content (AvgIpc) is 2.88. The molecule has 0 aliphatic carbocycles. The summed E-state index contributed by atoms with van der Waals surface area (Å²) < 4.78 is 13.4. The molecule has 0 N–H and O–H groups in total. The molecule has 2 heterocycles. The minimum atomic E-state index is 0.414. The fourth-order valence-corrected chi connectivity index (χ4v) is 3.05. The summed E-state index contributed by atoms with van der Waals surface area (Å²) in [6.45, 7) is 4.23. The van der Waals surface area contributed by atoms with Gasteiger partial charge in [-0.05, 0) is 31.9 Å². The molecular formula is C15H19ClN2O2. The van der Waals surface area contributed by atoms with Crippen molar-refractivity contribution in [3.05, 3.63) is 24.0 Å². The Morgan fingerprint density at radius 1 is 1.40 bits per heavy atom. The number of para-hydroxylation sites is 1. The van der Waals surface area contributed by atoms with E-state index in [0.29, 0.717) is 18.5 Å². The van der Waals surface area contributed by atoms with E-state index in [0.717, 1.165) is 48.7 Å². The molecule has 0 amide bonds. The van der Waals surface area contributed by atoms with Crippen molar-refractivity contribution in [3.63, 3.8) is 0 Å². The molecule has 0 atom stereocenters. The molecule has 0 unspecified atom stereocenters. The van der Waals surface area contributed by atoms with Crippen LogP contribution in [0.3, 0.4) is 0 Å². The second-order valence-electron chi connectivity index (χ2n) is 4.93. The van der Waals surface area contributed by atoms with Gasteiger partial charge in [-0.2, -0.15) is 0 Å². The second-order valence-corrected chi connectivity index (χ2v) is 5.20. The number of nitrogens with zero attached hydrogens (tertiary/aromatic N) is 2. The minimum absolute atomic E-state index is 0.414. The lowest BCUT2D eigenvalue weighted by Crippen LogP contribution is -2.20. The molecule has 0 radical (unpaired) electrons. The molecule has 1 aromatic heterocycles. The van der Waals surface area contributed by atoms with Crippen molar-refractivity contribution in [2.24, 2.45) is 0 Å². The lowest BCUT2D eigenvalue weighted by Gasteiger charge is -2.25. The van der Waals surface area contributed by atoms with Crippen LogP contribution in [0.1, 0.15) is 31.6 Å². The van der Waals surface area contributed by atoms with Gasteiger partial charge in [-0.1, -0.05) is 6.07 Å². The highest BCUT2D eigenvalue weighted by atomic mass is 35.5. The highest BCUT2D eigenvalue weighted by Crippen LogP contribution is 2.32. The molecule has 1 fully saturated rings. The molecule has 0 saturated carbocycles. The van der Waals surface area contributed by atoms with Crippen molar-refractivity contribution >= 4 is 22.6 Å². The quantitative estimate of drug-likeness (QED) is 0.810. The summed E-state index contributed by atoms with van der Waals surface area (Å²) in [7, 11) is 0. The maximum atomic E-state index is 6.10. The highest BCUT2D eigenvalue weighted by Gasteiger charge is 2.22. The molecule has 4 nitrogen and oxygen atoms in total. The summed E-state index contributed by atoms with van der Waals surface area (Å²) in [6, 6.07) is 6.49. The predicted molar refractivity (Wildman–Crippen MR) is 79.5 cm³/mol. The molecule has 1 aromatic carbocycles. The molecule has 1 aliphatic heterocycles. The van der Waals surface area contributed by atoms with E-state index < -0.39 is 0 Å². The van der Waals surface area contributed by atoms with Gasteiger partial charge in [0.1, 0.15) is 17.1 Å². The van der Waals surface area contributed by atoms with E-state index in [1.807, 2.05) is 19.1 Å². The molecular weight excluding hydrogens is 276 g/mol. The zero-order chi connectivity index (χ0) is 13.9. The molecule has 3 rings (SSSR count). The Labute approximate surface area is 123 Å². The zero-order valence-corrected chi connectivity index (χ0v) is 12.4. The Morgan fingerprint density at radius 2 is 2.20 bits per heavy atom. The number of benzene rings is 1. The first kappa shape index (κ1) is 13.7. The van der Waals surface area contributed by atoms with Crippen LogP contribution in [0.4, 0.5) is 0 Å². The van der Waals surface area contributed by atoms with Crippen LogP contribution in [0.2, 0.25) is 0 Å². The van der Waals surface area contributed by atoms with E-state index in [1.54, 1.807) is 0 Å². The number of alkyl halides is 1. The summed E-state index contributed by atoms with van der Waals surface area (Å²) in [5.41, 5.74) is 2.02. The Balaban J connectivity index is 2.11. The van der Waals surface area contributed by atoms with Crippen molar-refractivity contribution in [2.75, 3.05) is 19.8 Å². The maximum absolute atomic E-state index is 6.10. The van der Waals surface area contributed by atoms with Crippen molar-refractivity contribution in [1.82, 2.24) is 9.55 Å². The van der Waals surface area contributed by atoms with Crippen LogP contribution in [0.25, 0.3) is 11.0 Å². The Bertz CT molecular complexity index is 591. The third-order valence-electron chi connectivity index (χ3n) is 3.73. The molecule has 5 heteroatoms. The third-order valence-corrected chi connectivity index (χ3v) is 3.97. The average molecular weight is 295 g/mol. The summed E-state index contributed by atoms with van der Waals surface area (Å²) in [6.07, 6.45) is 2.02. The van der Waals surface area contributed by atoms with Crippen LogP contribution in [0.5, 0.6) is 5.75 Å². The summed E-state index contributed by atoms with van der Waals surface area (Å²) in [5, 5.41) is 0. The Kier molecular flexibility index (Phi) is 4.13.